The first-order chi connectivity index (χ1) is 6.73. The Hall–Kier alpha value is -0.510. The Kier molecular flexibility index (Phi) is 3.19. The number of rotatable bonds is 2. The molecule has 0 spiro atoms. The van der Waals surface area contributed by atoms with E-state index in [0.717, 1.165) is 6.41 Å². The molecule has 86 valence electrons. The highest BCUT2D eigenvalue weighted by Gasteiger charge is 2.49. The van der Waals surface area contributed by atoms with Crippen molar-refractivity contribution in [2.24, 2.45) is 5.41 Å². The minimum absolute atomic E-state index is 0.00120. The summed E-state index contributed by atoms with van der Waals surface area (Å²) in [6.07, 6.45) is 0.817. The lowest BCUT2D eigenvalue weighted by Crippen LogP contribution is -2.53. The molecule has 0 radical (unpaired) electrons. The Morgan fingerprint density at radius 2 is 2.07 bits per heavy atom. The van der Waals surface area contributed by atoms with Crippen molar-refractivity contribution in [1.82, 2.24) is 4.90 Å². The molecule has 1 unspecified atom stereocenters. The molecule has 1 rings (SSSR count). The van der Waals surface area contributed by atoms with Gasteiger partial charge in [-0.15, -0.1) is 11.8 Å². The van der Waals surface area contributed by atoms with Gasteiger partial charge in [-0.05, 0) is 19.3 Å². The average Bonchev–Trinajstić information content (AvgIpc) is 2.43. The van der Waals surface area contributed by atoms with E-state index in [1.54, 1.807) is 23.6 Å². The van der Waals surface area contributed by atoms with Crippen LogP contribution >= 0.6 is 11.8 Å². The van der Waals surface area contributed by atoms with Gasteiger partial charge in [0.2, 0.25) is 6.41 Å². The molecular formula is C11H19NO2S. The van der Waals surface area contributed by atoms with Gasteiger partial charge in [-0.25, -0.2) is 0 Å². The molecule has 1 saturated heterocycles. The van der Waals surface area contributed by atoms with Crippen LogP contribution in [0.4, 0.5) is 0 Å². The normalized spacial score (nSPS) is 31.8. The van der Waals surface area contributed by atoms with E-state index in [2.05, 4.69) is 20.8 Å². The van der Waals surface area contributed by atoms with Crippen molar-refractivity contribution in [2.45, 2.75) is 45.5 Å². The molecule has 1 heterocycles. The van der Waals surface area contributed by atoms with E-state index < -0.39 is 5.54 Å². The van der Waals surface area contributed by atoms with Crippen molar-refractivity contribution in [3.8, 4) is 0 Å². The summed E-state index contributed by atoms with van der Waals surface area (Å²) in [5.41, 5.74) is -0.622. The maximum absolute atomic E-state index is 11.6. The third kappa shape index (κ3) is 2.05. The van der Waals surface area contributed by atoms with Crippen LogP contribution in [0, 0.1) is 5.41 Å². The maximum Gasteiger partial charge on any atom is 0.211 e. The van der Waals surface area contributed by atoms with Crippen LogP contribution in [0.15, 0.2) is 0 Å². The number of hydrogen-bond acceptors (Lipinski definition) is 3. The summed E-state index contributed by atoms with van der Waals surface area (Å²) in [5.74, 6) is 0.761. The Morgan fingerprint density at radius 3 is 2.40 bits per heavy atom. The van der Waals surface area contributed by atoms with Crippen molar-refractivity contribution >= 4 is 24.0 Å². The molecule has 1 fully saturated rings. The molecule has 1 amide bonds. The maximum atomic E-state index is 11.6. The predicted octanol–water partition coefficient (Wildman–Crippen LogP) is 1.91. The average molecular weight is 229 g/mol. The summed E-state index contributed by atoms with van der Waals surface area (Å²) in [6.45, 7) is 9.68. The smallest absolute Gasteiger partial charge is 0.211 e. The Bertz CT molecular complexity index is 285. The number of thioether (sulfide) groups is 1. The van der Waals surface area contributed by atoms with Crippen LogP contribution in [0.1, 0.15) is 34.6 Å². The van der Waals surface area contributed by atoms with E-state index in [1.165, 1.54) is 0 Å². The minimum atomic E-state index is -0.621. The molecular weight excluding hydrogens is 210 g/mol. The Labute approximate surface area is 95.6 Å². The van der Waals surface area contributed by atoms with Crippen LogP contribution < -0.4 is 0 Å². The molecule has 4 heteroatoms. The lowest BCUT2D eigenvalue weighted by atomic mass is 9.91. The SMILES string of the molecule is CC(=O)[C@]1(C)CSC(C(C)(C)C)N1C=O. The number of carbonyl (C=O) groups is 2. The molecule has 0 aliphatic carbocycles. The summed E-state index contributed by atoms with van der Waals surface area (Å²) in [4.78, 5) is 24.4. The summed E-state index contributed by atoms with van der Waals surface area (Å²) in [7, 11) is 0. The van der Waals surface area contributed by atoms with Gasteiger partial charge in [0.1, 0.15) is 5.54 Å². The second kappa shape index (κ2) is 3.81. The lowest BCUT2D eigenvalue weighted by molar-refractivity contribution is -0.136. The topological polar surface area (TPSA) is 37.4 Å². The minimum Gasteiger partial charge on any atom is -0.319 e. The second-order valence-electron chi connectivity index (χ2n) is 5.37. The number of hydrogen-bond donors (Lipinski definition) is 0. The van der Waals surface area contributed by atoms with E-state index in [9.17, 15) is 9.59 Å². The molecule has 0 aromatic rings. The molecule has 1 aliphatic rings. The molecule has 15 heavy (non-hydrogen) atoms. The van der Waals surface area contributed by atoms with Gasteiger partial charge in [0.25, 0.3) is 0 Å². The van der Waals surface area contributed by atoms with Gasteiger partial charge in [-0.2, -0.15) is 0 Å². The van der Waals surface area contributed by atoms with Gasteiger partial charge in [-0.1, -0.05) is 20.8 Å². The van der Waals surface area contributed by atoms with Crippen LogP contribution in [0.3, 0.4) is 0 Å². The zero-order chi connectivity index (χ0) is 11.9. The fourth-order valence-electron chi connectivity index (χ4n) is 1.78. The van der Waals surface area contributed by atoms with Gasteiger partial charge in [0, 0.05) is 5.75 Å². The highest BCUT2D eigenvalue weighted by Crippen LogP contribution is 2.44. The van der Waals surface area contributed by atoms with Crippen molar-refractivity contribution < 1.29 is 9.59 Å². The first kappa shape index (κ1) is 12.6. The molecule has 0 aromatic carbocycles. The highest BCUT2D eigenvalue weighted by molar-refractivity contribution is 8.00. The zero-order valence-corrected chi connectivity index (χ0v) is 10.9. The van der Waals surface area contributed by atoms with Crippen LogP contribution in [0.2, 0.25) is 0 Å². The van der Waals surface area contributed by atoms with Crippen LogP contribution in [-0.2, 0) is 9.59 Å². The first-order valence-electron chi connectivity index (χ1n) is 5.10. The molecule has 2 atom stereocenters. The van der Waals surface area contributed by atoms with Crippen molar-refractivity contribution in [3.05, 3.63) is 0 Å². The van der Waals surface area contributed by atoms with E-state index in [1.807, 2.05) is 6.92 Å². The fourth-order valence-corrected chi connectivity index (χ4v) is 3.55. The lowest BCUT2D eigenvalue weighted by Gasteiger charge is -2.38. The third-order valence-corrected chi connectivity index (χ3v) is 4.94. The van der Waals surface area contributed by atoms with E-state index >= 15 is 0 Å². The van der Waals surface area contributed by atoms with Gasteiger partial charge >= 0.3 is 0 Å². The van der Waals surface area contributed by atoms with Crippen molar-refractivity contribution in [1.29, 1.82) is 0 Å². The van der Waals surface area contributed by atoms with Crippen LogP contribution in [0.5, 0.6) is 0 Å². The van der Waals surface area contributed by atoms with Gasteiger partial charge < -0.3 is 4.90 Å². The highest BCUT2D eigenvalue weighted by atomic mass is 32.2. The van der Waals surface area contributed by atoms with Gasteiger partial charge in [-0.3, -0.25) is 9.59 Å². The zero-order valence-electron chi connectivity index (χ0n) is 10.0. The molecule has 0 N–H and O–H groups in total. The summed E-state index contributed by atoms with van der Waals surface area (Å²) < 4.78 is 0. The van der Waals surface area contributed by atoms with Crippen molar-refractivity contribution in [3.63, 3.8) is 0 Å². The van der Waals surface area contributed by atoms with E-state index in [4.69, 9.17) is 0 Å². The summed E-state index contributed by atoms with van der Waals surface area (Å²) >= 11 is 1.69. The number of carbonyl (C=O) groups excluding carboxylic acids is 2. The van der Waals surface area contributed by atoms with Gasteiger partial charge in [0.15, 0.2) is 5.78 Å². The number of Topliss-reactive ketones (excluding diaryl/α,β-unsaturated/α-hetero) is 1. The molecule has 0 aromatic heterocycles. The standard InChI is InChI=1S/C11H19NO2S/c1-8(14)11(5)6-15-9(10(2,3)4)12(11)7-13/h7,9H,6H2,1-5H3/t9?,11-/m0/s1. The first-order valence-corrected chi connectivity index (χ1v) is 6.15. The molecule has 0 saturated carbocycles. The Balaban J connectivity index is 3.02. The second-order valence-corrected chi connectivity index (χ2v) is 6.44. The van der Waals surface area contributed by atoms with Crippen LogP contribution in [0.25, 0.3) is 0 Å². The molecule has 3 nitrogen and oxygen atoms in total. The number of ketones is 1. The van der Waals surface area contributed by atoms with E-state index in [-0.39, 0.29) is 16.6 Å². The van der Waals surface area contributed by atoms with E-state index in [0.29, 0.717) is 5.75 Å². The quantitative estimate of drug-likeness (QED) is 0.679. The Morgan fingerprint density at radius 1 is 1.53 bits per heavy atom. The predicted molar refractivity (Wildman–Crippen MR) is 62.7 cm³/mol. The fraction of sp³-hybridized carbons (Fsp3) is 0.818. The molecule has 1 aliphatic heterocycles. The molecule has 0 bridgehead atoms. The summed E-state index contributed by atoms with van der Waals surface area (Å²) in [5, 5.41) is 0.0869. The summed E-state index contributed by atoms with van der Waals surface area (Å²) in [6, 6.07) is 0. The number of amides is 1. The van der Waals surface area contributed by atoms with Gasteiger partial charge in [0.05, 0.1) is 5.37 Å². The largest absolute Gasteiger partial charge is 0.319 e. The van der Waals surface area contributed by atoms with Crippen molar-refractivity contribution in [2.75, 3.05) is 5.75 Å². The number of nitrogens with zero attached hydrogens (tertiary/aromatic N) is 1. The van der Waals surface area contributed by atoms with Crippen LogP contribution in [-0.4, -0.2) is 33.8 Å². The monoisotopic (exact) mass is 229 g/mol. The third-order valence-electron chi connectivity index (χ3n) is 2.96.